The second-order valence-corrected chi connectivity index (χ2v) is 8.70. The van der Waals surface area contributed by atoms with Crippen LogP contribution < -0.4 is 5.32 Å². The van der Waals surface area contributed by atoms with Crippen molar-refractivity contribution in [2.45, 2.75) is 51.5 Å². The van der Waals surface area contributed by atoms with E-state index in [0.29, 0.717) is 23.5 Å². The summed E-state index contributed by atoms with van der Waals surface area (Å²) in [6.07, 6.45) is 2.14. The zero-order valence-corrected chi connectivity index (χ0v) is 15.6. The van der Waals surface area contributed by atoms with Gasteiger partial charge in [0, 0.05) is 12.0 Å². The van der Waals surface area contributed by atoms with Crippen LogP contribution in [0.3, 0.4) is 0 Å². The monoisotopic (exact) mass is 361 g/mol. The third kappa shape index (κ3) is 3.61. The highest BCUT2D eigenvalue weighted by atomic mass is 32.2. The van der Waals surface area contributed by atoms with Gasteiger partial charge in [-0.3, -0.25) is 4.79 Å². The highest BCUT2D eigenvalue weighted by molar-refractivity contribution is 7.90. The molecule has 0 bridgehead atoms. The average molecular weight is 361 g/mol. The minimum Gasteiger partial charge on any atom is -0.310 e. The Bertz CT molecular complexity index is 929. The molecular weight excluding hydrogens is 338 g/mol. The fourth-order valence-electron chi connectivity index (χ4n) is 2.95. The number of amides is 1. The van der Waals surface area contributed by atoms with E-state index in [2.05, 4.69) is 10.4 Å². The van der Waals surface area contributed by atoms with Crippen LogP contribution >= 0.6 is 0 Å². The van der Waals surface area contributed by atoms with E-state index in [0.717, 1.165) is 24.1 Å². The number of aryl methyl sites for hydroxylation is 2. The Morgan fingerprint density at radius 1 is 1.24 bits per heavy atom. The van der Waals surface area contributed by atoms with E-state index in [4.69, 9.17) is 0 Å². The van der Waals surface area contributed by atoms with Gasteiger partial charge in [-0.05, 0) is 43.5 Å². The molecule has 0 aliphatic carbocycles. The molecule has 134 valence electrons. The maximum atomic E-state index is 12.2. The molecule has 25 heavy (non-hydrogen) atoms. The van der Waals surface area contributed by atoms with Crippen LogP contribution in [0.4, 0.5) is 5.82 Å². The molecule has 3 rings (SSSR count). The highest BCUT2D eigenvalue weighted by Gasteiger charge is 2.33. The standard InChI is InChI=1S/C18H23N3O3S/c1-4-5-6-17(22)19-18-15-10-25(23,24)11-16(15)20-21(18)14-8-7-12(2)13(3)9-14/h7-9H,4-6,10-11H2,1-3H3,(H,19,22). The lowest BCUT2D eigenvalue weighted by Crippen LogP contribution is -2.16. The second kappa shape index (κ2) is 6.63. The molecule has 0 unspecified atom stereocenters. The Morgan fingerprint density at radius 3 is 2.68 bits per heavy atom. The lowest BCUT2D eigenvalue weighted by atomic mass is 10.1. The Kier molecular flexibility index (Phi) is 4.69. The molecule has 1 aromatic carbocycles. The number of carbonyl (C=O) groups is 1. The summed E-state index contributed by atoms with van der Waals surface area (Å²) < 4.78 is 25.5. The number of aromatic nitrogens is 2. The first-order valence-corrected chi connectivity index (χ1v) is 10.3. The van der Waals surface area contributed by atoms with Crippen molar-refractivity contribution in [1.82, 2.24) is 9.78 Å². The zero-order valence-electron chi connectivity index (χ0n) is 14.8. The first-order chi connectivity index (χ1) is 11.8. The Hall–Kier alpha value is -2.15. The van der Waals surface area contributed by atoms with Crippen molar-refractivity contribution >= 4 is 21.6 Å². The predicted molar refractivity (Wildman–Crippen MR) is 97.5 cm³/mol. The lowest BCUT2D eigenvalue weighted by Gasteiger charge is -2.12. The number of anilines is 1. The van der Waals surface area contributed by atoms with E-state index in [-0.39, 0.29) is 17.4 Å². The highest BCUT2D eigenvalue weighted by Crippen LogP contribution is 2.33. The normalized spacial score (nSPS) is 15.2. The van der Waals surface area contributed by atoms with Crippen LogP contribution in [0.15, 0.2) is 18.2 Å². The summed E-state index contributed by atoms with van der Waals surface area (Å²) in [4.78, 5) is 12.2. The van der Waals surface area contributed by atoms with Gasteiger partial charge in [0.15, 0.2) is 9.84 Å². The number of nitrogens with one attached hydrogen (secondary N) is 1. The van der Waals surface area contributed by atoms with E-state index in [1.807, 2.05) is 39.0 Å². The molecule has 7 heteroatoms. The van der Waals surface area contributed by atoms with E-state index >= 15 is 0 Å². The van der Waals surface area contributed by atoms with E-state index in [1.54, 1.807) is 4.68 Å². The molecule has 1 aliphatic heterocycles. The van der Waals surface area contributed by atoms with Crippen LogP contribution in [0, 0.1) is 13.8 Å². The molecule has 1 aliphatic rings. The molecule has 1 N–H and O–H groups in total. The molecule has 6 nitrogen and oxygen atoms in total. The van der Waals surface area contributed by atoms with Gasteiger partial charge >= 0.3 is 0 Å². The summed E-state index contributed by atoms with van der Waals surface area (Å²) in [5.74, 6) is 0.230. The third-order valence-electron chi connectivity index (χ3n) is 4.54. The van der Waals surface area contributed by atoms with Crippen LogP contribution in [0.1, 0.15) is 48.6 Å². The summed E-state index contributed by atoms with van der Waals surface area (Å²) in [6, 6.07) is 5.92. The number of nitrogens with zero attached hydrogens (tertiary/aromatic N) is 2. The van der Waals surface area contributed by atoms with E-state index < -0.39 is 9.84 Å². The van der Waals surface area contributed by atoms with Crippen LogP contribution in [0.2, 0.25) is 0 Å². The minimum absolute atomic E-state index is 0.0714. The number of carbonyl (C=O) groups excluding carboxylic acids is 1. The third-order valence-corrected chi connectivity index (χ3v) is 5.98. The van der Waals surface area contributed by atoms with Crippen LogP contribution in [0.5, 0.6) is 0 Å². The van der Waals surface area contributed by atoms with Gasteiger partial charge in [0.05, 0.1) is 22.9 Å². The van der Waals surface area contributed by atoms with Crippen LogP contribution in [-0.2, 0) is 26.1 Å². The average Bonchev–Trinajstić information content (AvgIpc) is 3.01. The maximum Gasteiger partial charge on any atom is 0.225 e. The number of benzene rings is 1. The van der Waals surface area contributed by atoms with Gasteiger partial charge in [0.25, 0.3) is 0 Å². The summed E-state index contributed by atoms with van der Waals surface area (Å²) in [5.41, 5.74) is 4.25. The van der Waals surface area contributed by atoms with Gasteiger partial charge in [-0.1, -0.05) is 19.4 Å². The van der Waals surface area contributed by atoms with Gasteiger partial charge in [-0.15, -0.1) is 0 Å². The molecule has 1 aromatic heterocycles. The largest absolute Gasteiger partial charge is 0.310 e. The van der Waals surface area contributed by atoms with Gasteiger partial charge in [0.2, 0.25) is 5.91 Å². The van der Waals surface area contributed by atoms with Gasteiger partial charge < -0.3 is 5.32 Å². The SMILES string of the molecule is CCCCC(=O)Nc1c2c(nn1-c1ccc(C)c(C)c1)CS(=O)(=O)C2. The Labute approximate surface area is 148 Å². The van der Waals surface area contributed by atoms with Crippen LogP contribution in [0.25, 0.3) is 5.69 Å². The minimum atomic E-state index is -3.18. The van der Waals surface area contributed by atoms with Crippen molar-refractivity contribution in [3.63, 3.8) is 0 Å². The Balaban J connectivity index is 2.03. The first-order valence-electron chi connectivity index (χ1n) is 8.49. The molecule has 0 atom stereocenters. The summed E-state index contributed by atoms with van der Waals surface area (Å²) in [6.45, 7) is 6.07. The smallest absolute Gasteiger partial charge is 0.225 e. The van der Waals surface area contributed by atoms with E-state index in [1.165, 1.54) is 5.56 Å². The fourth-order valence-corrected chi connectivity index (χ4v) is 4.44. The first kappa shape index (κ1) is 17.7. The van der Waals surface area contributed by atoms with Crippen molar-refractivity contribution in [2.75, 3.05) is 5.32 Å². The molecule has 0 radical (unpaired) electrons. The molecule has 0 saturated carbocycles. The van der Waals surface area contributed by atoms with E-state index in [9.17, 15) is 13.2 Å². The second-order valence-electron chi connectivity index (χ2n) is 6.64. The van der Waals surface area contributed by atoms with Crippen molar-refractivity contribution in [1.29, 1.82) is 0 Å². The summed E-state index contributed by atoms with van der Waals surface area (Å²) >= 11 is 0. The zero-order chi connectivity index (χ0) is 18.2. The number of fused-ring (bicyclic) bond motifs is 1. The maximum absolute atomic E-state index is 12.2. The summed E-state index contributed by atoms with van der Waals surface area (Å²) in [5, 5.41) is 7.38. The molecule has 0 fully saturated rings. The van der Waals surface area contributed by atoms with Gasteiger partial charge in [-0.2, -0.15) is 5.10 Å². The number of hydrogen-bond acceptors (Lipinski definition) is 4. The van der Waals surface area contributed by atoms with Crippen molar-refractivity contribution in [3.8, 4) is 5.69 Å². The number of unbranched alkanes of at least 4 members (excludes halogenated alkanes) is 1. The van der Waals surface area contributed by atoms with Crippen molar-refractivity contribution < 1.29 is 13.2 Å². The molecule has 0 saturated heterocycles. The molecule has 0 spiro atoms. The van der Waals surface area contributed by atoms with Crippen LogP contribution in [-0.4, -0.2) is 24.1 Å². The number of sulfone groups is 1. The fraction of sp³-hybridized carbons (Fsp3) is 0.444. The topological polar surface area (TPSA) is 81.1 Å². The predicted octanol–water partition coefficient (Wildman–Crippen LogP) is 3.05. The molecular formula is C18H23N3O3S. The number of rotatable bonds is 5. The quantitative estimate of drug-likeness (QED) is 0.887. The lowest BCUT2D eigenvalue weighted by molar-refractivity contribution is -0.116. The van der Waals surface area contributed by atoms with Crippen molar-refractivity contribution in [3.05, 3.63) is 40.6 Å². The van der Waals surface area contributed by atoms with Crippen molar-refractivity contribution in [2.24, 2.45) is 0 Å². The van der Waals surface area contributed by atoms with Gasteiger partial charge in [-0.25, -0.2) is 13.1 Å². The Morgan fingerprint density at radius 2 is 2.00 bits per heavy atom. The molecule has 1 amide bonds. The summed E-state index contributed by atoms with van der Waals surface area (Å²) in [7, 11) is -3.18. The molecule has 2 heterocycles. The number of hydrogen-bond donors (Lipinski definition) is 1. The molecule has 2 aromatic rings. The van der Waals surface area contributed by atoms with Gasteiger partial charge in [0.1, 0.15) is 5.82 Å².